The van der Waals surface area contributed by atoms with E-state index in [4.69, 9.17) is 0 Å². The summed E-state index contributed by atoms with van der Waals surface area (Å²) in [6.45, 7) is 0.909. The number of hydrogen-bond donors (Lipinski definition) is 2. The minimum atomic E-state index is 0.755. The van der Waals surface area contributed by atoms with Gasteiger partial charge in [-0.2, -0.15) is 5.10 Å². The maximum absolute atomic E-state index is 4.15. The first kappa shape index (κ1) is 9.71. The molecule has 3 nitrogen and oxygen atoms in total. The monoisotopic (exact) mass is 193 g/mol. The van der Waals surface area contributed by atoms with Crippen molar-refractivity contribution in [3.63, 3.8) is 0 Å². The van der Waals surface area contributed by atoms with Crippen LogP contribution in [0, 0.1) is 0 Å². The van der Waals surface area contributed by atoms with E-state index < -0.39 is 0 Å². The fourth-order valence-corrected chi connectivity index (χ4v) is 2.41. The molecule has 0 atom stereocenters. The Bertz CT molecular complexity index is 274. The van der Waals surface area contributed by atoms with Crippen LogP contribution in [-0.2, 0) is 6.54 Å². The molecule has 0 radical (unpaired) electrons. The van der Waals surface area contributed by atoms with E-state index in [1.807, 2.05) is 13.2 Å². The minimum absolute atomic E-state index is 0.755. The van der Waals surface area contributed by atoms with Crippen LogP contribution < -0.4 is 5.32 Å². The SMILES string of the molecule is CNCc1[nH]ncc1C1CCCCC1. The lowest BCUT2D eigenvalue weighted by molar-refractivity contribution is 0.441. The van der Waals surface area contributed by atoms with Crippen LogP contribution in [0.1, 0.15) is 49.3 Å². The molecule has 0 amide bonds. The molecular weight excluding hydrogens is 174 g/mol. The van der Waals surface area contributed by atoms with Gasteiger partial charge in [0.25, 0.3) is 0 Å². The van der Waals surface area contributed by atoms with E-state index in [-0.39, 0.29) is 0 Å². The van der Waals surface area contributed by atoms with Crippen molar-refractivity contribution in [2.75, 3.05) is 7.05 Å². The van der Waals surface area contributed by atoms with E-state index in [1.165, 1.54) is 43.4 Å². The van der Waals surface area contributed by atoms with Crippen LogP contribution in [0.2, 0.25) is 0 Å². The van der Waals surface area contributed by atoms with Gasteiger partial charge >= 0.3 is 0 Å². The Morgan fingerprint density at radius 2 is 2.21 bits per heavy atom. The zero-order valence-electron chi connectivity index (χ0n) is 8.84. The number of aromatic amines is 1. The van der Waals surface area contributed by atoms with Crippen molar-refractivity contribution in [1.82, 2.24) is 15.5 Å². The molecule has 1 saturated carbocycles. The van der Waals surface area contributed by atoms with Gasteiger partial charge < -0.3 is 5.32 Å². The van der Waals surface area contributed by atoms with Gasteiger partial charge in [0.1, 0.15) is 0 Å². The summed E-state index contributed by atoms with van der Waals surface area (Å²) in [5, 5.41) is 10.4. The van der Waals surface area contributed by atoms with Crippen LogP contribution in [0.25, 0.3) is 0 Å². The molecule has 14 heavy (non-hydrogen) atoms. The zero-order valence-corrected chi connectivity index (χ0v) is 8.84. The third kappa shape index (κ3) is 1.98. The Hall–Kier alpha value is -0.830. The number of aromatic nitrogens is 2. The molecule has 1 heterocycles. The summed E-state index contributed by atoms with van der Waals surface area (Å²) < 4.78 is 0. The summed E-state index contributed by atoms with van der Waals surface area (Å²) in [4.78, 5) is 0. The van der Waals surface area contributed by atoms with Crippen LogP contribution in [0.15, 0.2) is 6.20 Å². The Kier molecular flexibility index (Phi) is 3.19. The molecule has 2 N–H and O–H groups in total. The Morgan fingerprint density at radius 1 is 1.43 bits per heavy atom. The number of hydrogen-bond acceptors (Lipinski definition) is 2. The van der Waals surface area contributed by atoms with E-state index >= 15 is 0 Å². The molecule has 1 aliphatic rings. The Morgan fingerprint density at radius 3 is 2.93 bits per heavy atom. The third-order valence-corrected chi connectivity index (χ3v) is 3.15. The van der Waals surface area contributed by atoms with Gasteiger partial charge in [-0.3, -0.25) is 5.10 Å². The first-order valence-corrected chi connectivity index (χ1v) is 5.58. The molecule has 78 valence electrons. The molecule has 1 aromatic heterocycles. The summed E-state index contributed by atoms with van der Waals surface area (Å²) >= 11 is 0. The minimum Gasteiger partial charge on any atom is -0.314 e. The molecule has 0 unspecified atom stereocenters. The quantitative estimate of drug-likeness (QED) is 0.772. The predicted octanol–water partition coefficient (Wildman–Crippen LogP) is 2.18. The highest BCUT2D eigenvalue weighted by molar-refractivity contribution is 5.21. The average molecular weight is 193 g/mol. The highest BCUT2D eigenvalue weighted by Crippen LogP contribution is 2.33. The van der Waals surface area contributed by atoms with Gasteiger partial charge in [-0.15, -0.1) is 0 Å². The number of H-pyrrole nitrogens is 1. The predicted molar refractivity (Wildman–Crippen MR) is 57.2 cm³/mol. The molecule has 3 heteroatoms. The molecule has 0 aromatic carbocycles. The van der Waals surface area contributed by atoms with Crippen LogP contribution in [0.3, 0.4) is 0 Å². The van der Waals surface area contributed by atoms with Crippen molar-refractivity contribution < 1.29 is 0 Å². The molecule has 1 aromatic rings. The van der Waals surface area contributed by atoms with Crippen molar-refractivity contribution in [2.24, 2.45) is 0 Å². The van der Waals surface area contributed by atoms with E-state index in [9.17, 15) is 0 Å². The lowest BCUT2D eigenvalue weighted by atomic mass is 9.84. The fraction of sp³-hybridized carbons (Fsp3) is 0.727. The van der Waals surface area contributed by atoms with E-state index in [0.717, 1.165) is 12.5 Å². The van der Waals surface area contributed by atoms with Crippen molar-refractivity contribution >= 4 is 0 Å². The molecule has 0 aliphatic heterocycles. The summed E-state index contributed by atoms with van der Waals surface area (Å²) in [5.74, 6) is 0.755. The highest BCUT2D eigenvalue weighted by Gasteiger charge is 2.19. The number of nitrogens with one attached hydrogen (secondary N) is 2. The summed E-state index contributed by atoms with van der Waals surface area (Å²) in [5.41, 5.74) is 2.72. The zero-order chi connectivity index (χ0) is 9.80. The second kappa shape index (κ2) is 4.60. The first-order valence-electron chi connectivity index (χ1n) is 5.58. The second-order valence-electron chi connectivity index (χ2n) is 4.17. The van der Waals surface area contributed by atoms with Crippen LogP contribution in [-0.4, -0.2) is 17.2 Å². The van der Waals surface area contributed by atoms with Gasteiger partial charge in [0.15, 0.2) is 0 Å². The van der Waals surface area contributed by atoms with Gasteiger partial charge in [-0.1, -0.05) is 19.3 Å². The van der Waals surface area contributed by atoms with E-state index in [2.05, 4.69) is 15.5 Å². The Balaban J connectivity index is 2.09. The van der Waals surface area contributed by atoms with Gasteiger partial charge in [-0.05, 0) is 31.4 Å². The summed E-state index contributed by atoms with van der Waals surface area (Å²) in [6, 6.07) is 0. The average Bonchev–Trinajstić information content (AvgIpc) is 2.68. The maximum atomic E-state index is 4.15. The number of rotatable bonds is 3. The molecular formula is C11H19N3. The summed E-state index contributed by atoms with van der Waals surface area (Å²) in [7, 11) is 1.98. The summed E-state index contributed by atoms with van der Waals surface area (Å²) in [6.07, 6.45) is 8.88. The second-order valence-corrected chi connectivity index (χ2v) is 4.17. The molecule has 1 aliphatic carbocycles. The van der Waals surface area contributed by atoms with Crippen LogP contribution in [0.5, 0.6) is 0 Å². The highest BCUT2D eigenvalue weighted by atomic mass is 15.1. The van der Waals surface area contributed by atoms with Gasteiger partial charge in [0.05, 0.1) is 11.9 Å². The van der Waals surface area contributed by atoms with Gasteiger partial charge in [-0.25, -0.2) is 0 Å². The van der Waals surface area contributed by atoms with E-state index in [1.54, 1.807) is 0 Å². The lowest BCUT2D eigenvalue weighted by Gasteiger charge is -2.21. The molecule has 0 spiro atoms. The first-order chi connectivity index (χ1) is 6.92. The largest absolute Gasteiger partial charge is 0.314 e. The van der Waals surface area contributed by atoms with E-state index in [0.29, 0.717) is 0 Å². The third-order valence-electron chi connectivity index (χ3n) is 3.15. The van der Waals surface area contributed by atoms with Crippen molar-refractivity contribution in [3.05, 3.63) is 17.5 Å². The molecule has 0 saturated heterocycles. The van der Waals surface area contributed by atoms with Crippen molar-refractivity contribution in [1.29, 1.82) is 0 Å². The van der Waals surface area contributed by atoms with Crippen LogP contribution in [0.4, 0.5) is 0 Å². The molecule has 1 fully saturated rings. The normalized spacial score (nSPS) is 18.6. The topological polar surface area (TPSA) is 40.7 Å². The van der Waals surface area contributed by atoms with Crippen molar-refractivity contribution in [3.8, 4) is 0 Å². The fourth-order valence-electron chi connectivity index (χ4n) is 2.41. The lowest BCUT2D eigenvalue weighted by Crippen LogP contribution is -2.11. The Labute approximate surface area is 85.3 Å². The molecule has 2 rings (SSSR count). The van der Waals surface area contributed by atoms with Gasteiger partial charge in [0, 0.05) is 6.54 Å². The van der Waals surface area contributed by atoms with Crippen LogP contribution >= 0.6 is 0 Å². The van der Waals surface area contributed by atoms with Gasteiger partial charge in [0.2, 0.25) is 0 Å². The number of nitrogens with zero attached hydrogens (tertiary/aromatic N) is 1. The van der Waals surface area contributed by atoms with Crippen molar-refractivity contribution in [2.45, 2.75) is 44.6 Å². The smallest absolute Gasteiger partial charge is 0.0525 e. The molecule has 0 bridgehead atoms. The maximum Gasteiger partial charge on any atom is 0.0525 e. The standard InChI is InChI=1S/C11H19N3/c1-12-8-11-10(7-13-14-11)9-5-3-2-4-6-9/h7,9,12H,2-6,8H2,1H3,(H,13,14).